The van der Waals surface area contributed by atoms with Crippen LogP contribution in [0.4, 0.5) is 0 Å². The van der Waals surface area contributed by atoms with Crippen LogP contribution in [0.25, 0.3) is 0 Å². The van der Waals surface area contributed by atoms with Gasteiger partial charge in [-0.3, -0.25) is 9.59 Å². The first kappa shape index (κ1) is 19.0. The number of nitrogens with zero attached hydrogens (tertiary/aromatic N) is 1. The molecule has 0 radical (unpaired) electrons. The number of rotatable bonds is 7. The van der Waals surface area contributed by atoms with Crippen LogP contribution < -0.4 is 5.32 Å². The van der Waals surface area contributed by atoms with Crippen LogP contribution in [0, 0.1) is 0 Å². The summed E-state index contributed by atoms with van der Waals surface area (Å²) in [6.45, 7) is 4.89. The van der Waals surface area contributed by atoms with Gasteiger partial charge in [0.2, 0.25) is 5.91 Å². The summed E-state index contributed by atoms with van der Waals surface area (Å²) in [6.07, 6.45) is 0.257. The number of carbonyl (C=O) groups excluding carboxylic acids is 2. The molecule has 0 saturated carbocycles. The number of nitrogens with one attached hydrogen (secondary N) is 1. The van der Waals surface area contributed by atoms with E-state index in [0.29, 0.717) is 23.7 Å². The van der Waals surface area contributed by atoms with Crippen molar-refractivity contribution in [1.82, 2.24) is 10.2 Å². The number of halogens is 1. The third kappa shape index (κ3) is 5.91. The zero-order valence-electron chi connectivity index (χ0n) is 14.5. The highest BCUT2D eigenvalue weighted by molar-refractivity contribution is 6.30. The van der Waals surface area contributed by atoms with Crippen molar-refractivity contribution in [3.63, 3.8) is 0 Å². The standard InChI is InChI=1S/C20H23ClN2O2/c1-3-23(14-16-8-7-11-18(21)13-16)19(24)12-15(2)22-20(25)17-9-5-4-6-10-17/h4-11,13,15H,3,12,14H2,1-2H3,(H,22,25). The summed E-state index contributed by atoms with van der Waals surface area (Å²) in [6, 6.07) is 16.2. The fourth-order valence-electron chi connectivity index (χ4n) is 2.57. The Morgan fingerprint density at radius 1 is 1.12 bits per heavy atom. The zero-order valence-corrected chi connectivity index (χ0v) is 15.3. The molecule has 0 aliphatic heterocycles. The normalized spacial score (nSPS) is 11.6. The van der Waals surface area contributed by atoms with Crippen LogP contribution in [0.5, 0.6) is 0 Å². The fraction of sp³-hybridized carbons (Fsp3) is 0.300. The van der Waals surface area contributed by atoms with Crippen molar-refractivity contribution in [2.75, 3.05) is 6.54 Å². The van der Waals surface area contributed by atoms with Gasteiger partial charge in [0.25, 0.3) is 5.91 Å². The topological polar surface area (TPSA) is 49.4 Å². The highest BCUT2D eigenvalue weighted by atomic mass is 35.5. The summed E-state index contributed by atoms with van der Waals surface area (Å²) < 4.78 is 0. The van der Waals surface area contributed by atoms with Gasteiger partial charge in [0.15, 0.2) is 0 Å². The van der Waals surface area contributed by atoms with E-state index in [1.165, 1.54) is 0 Å². The van der Waals surface area contributed by atoms with Crippen molar-refractivity contribution in [3.8, 4) is 0 Å². The minimum Gasteiger partial charge on any atom is -0.349 e. The Hall–Kier alpha value is -2.33. The van der Waals surface area contributed by atoms with Gasteiger partial charge in [0.1, 0.15) is 0 Å². The van der Waals surface area contributed by atoms with Gasteiger partial charge in [-0.15, -0.1) is 0 Å². The first-order chi connectivity index (χ1) is 12.0. The quantitative estimate of drug-likeness (QED) is 0.816. The van der Waals surface area contributed by atoms with E-state index in [4.69, 9.17) is 11.6 Å². The second-order valence-corrected chi connectivity index (χ2v) is 6.42. The molecule has 1 unspecified atom stereocenters. The molecule has 1 atom stereocenters. The molecule has 0 bridgehead atoms. The average molecular weight is 359 g/mol. The first-order valence-corrected chi connectivity index (χ1v) is 8.75. The summed E-state index contributed by atoms with van der Waals surface area (Å²) in [4.78, 5) is 26.4. The number of amides is 2. The third-order valence-electron chi connectivity index (χ3n) is 3.89. The summed E-state index contributed by atoms with van der Waals surface area (Å²) >= 11 is 6.00. The lowest BCUT2D eigenvalue weighted by Gasteiger charge is -2.23. The van der Waals surface area contributed by atoms with Gasteiger partial charge in [0, 0.05) is 36.1 Å². The molecule has 0 heterocycles. The van der Waals surface area contributed by atoms with Gasteiger partial charge in [-0.2, -0.15) is 0 Å². The smallest absolute Gasteiger partial charge is 0.251 e. The molecule has 0 aliphatic carbocycles. The van der Waals surface area contributed by atoms with Crippen molar-refractivity contribution >= 4 is 23.4 Å². The molecule has 0 aromatic heterocycles. The van der Waals surface area contributed by atoms with E-state index in [2.05, 4.69) is 5.32 Å². The highest BCUT2D eigenvalue weighted by Crippen LogP contribution is 2.13. The van der Waals surface area contributed by atoms with E-state index >= 15 is 0 Å². The van der Waals surface area contributed by atoms with E-state index in [1.54, 1.807) is 17.0 Å². The van der Waals surface area contributed by atoms with Crippen molar-refractivity contribution < 1.29 is 9.59 Å². The molecule has 5 heteroatoms. The van der Waals surface area contributed by atoms with Crippen molar-refractivity contribution in [2.45, 2.75) is 32.9 Å². The monoisotopic (exact) mass is 358 g/mol. The zero-order chi connectivity index (χ0) is 18.2. The van der Waals surface area contributed by atoms with Crippen LogP contribution in [-0.4, -0.2) is 29.3 Å². The molecule has 25 heavy (non-hydrogen) atoms. The van der Waals surface area contributed by atoms with Gasteiger partial charge in [-0.1, -0.05) is 41.9 Å². The van der Waals surface area contributed by atoms with Crippen molar-refractivity contribution in [1.29, 1.82) is 0 Å². The Kier molecular flexibility index (Phi) is 7.02. The van der Waals surface area contributed by atoms with E-state index in [9.17, 15) is 9.59 Å². The summed E-state index contributed by atoms with van der Waals surface area (Å²) in [5.41, 5.74) is 1.58. The lowest BCUT2D eigenvalue weighted by Crippen LogP contribution is -2.39. The maximum Gasteiger partial charge on any atom is 0.251 e. The number of hydrogen-bond acceptors (Lipinski definition) is 2. The van der Waals surface area contributed by atoms with Gasteiger partial charge >= 0.3 is 0 Å². The molecular weight excluding hydrogens is 336 g/mol. The SMILES string of the molecule is CCN(Cc1cccc(Cl)c1)C(=O)CC(C)NC(=O)c1ccccc1. The maximum absolute atomic E-state index is 12.5. The van der Waals surface area contributed by atoms with E-state index < -0.39 is 0 Å². The second-order valence-electron chi connectivity index (χ2n) is 5.98. The minimum absolute atomic E-state index is 0.00309. The Morgan fingerprint density at radius 2 is 1.84 bits per heavy atom. The van der Waals surface area contributed by atoms with Gasteiger partial charge in [-0.05, 0) is 43.7 Å². The molecule has 0 spiro atoms. The summed E-state index contributed by atoms with van der Waals surface area (Å²) in [5, 5.41) is 3.53. The van der Waals surface area contributed by atoms with Crippen molar-refractivity contribution in [3.05, 3.63) is 70.7 Å². The van der Waals surface area contributed by atoms with Gasteiger partial charge in [-0.25, -0.2) is 0 Å². The molecule has 2 aromatic carbocycles. The lowest BCUT2D eigenvalue weighted by atomic mass is 10.1. The van der Waals surface area contributed by atoms with Gasteiger partial charge < -0.3 is 10.2 Å². The number of carbonyl (C=O) groups is 2. The van der Waals surface area contributed by atoms with Crippen LogP contribution in [0.15, 0.2) is 54.6 Å². The number of benzene rings is 2. The third-order valence-corrected chi connectivity index (χ3v) is 4.13. The molecule has 0 fully saturated rings. The predicted molar refractivity (Wildman–Crippen MR) is 101 cm³/mol. The highest BCUT2D eigenvalue weighted by Gasteiger charge is 2.17. The fourth-order valence-corrected chi connectivity index (χ4v) is 2.78. The molecule has 2 aromatic rings. The summed E-state index contributed by atoms with van der Waals surface area (Å²) in [5.74, 6) is -0.165. The largest absolute Gasteiger partial charge is 0.349 e. The Bertz CT molecular complexity index is 719. The average Bonchev–Trinajstić information content (AvgIpc) is 2.60. The van der Waals surface area contributed by atoms with Crippen LogP contribution >= 0.6 is 11.6 Å². The molecule has 2 amide bonds. The van der Waals surface area contributed by atoms with Crippen LogP contribution in [0.1, 0.15) is 36.2 Å². The van der Waals surface area contributed by atoms with Crippen LogP contribution in [0.3, 0.4) is 0 Å². The van der Waals surface area contributed by atoms with Crippen LogP contribution in [-0.2, 0) is 11.3 Å². The Morgan fingerprint density at radius 3 is 2.48 bits per heavy atom. The summed E-state index contributed by atoms with van der Waals surface area (Å²) in [7, 11) is 0. The van der Waals surface area contributed by atoms with Gasteiger partial charge in [0.05, 0.1) is 0 Å². The Labute approximate surface area is 153 Å². The molecule has 132 valence electrons. The maximum atomic E-state index is 12.5. The predicted octanol–water partition coefficient (Wildman–Crippen LogP) is 3.90. The molecule has 0 aliphatic rings. The molecule has 2 rings (SSSR count). The van der Waals surface area contributed by atoms with E-state index in [0.717, 1.165) is 5.56 Å². The second kappa shape index (κ2) is 9.23. The molecule has 4 nitrogen and oxygen atoms in total. The molecular formula is C20H23ClN2O2. The minimum atomic E-state index is -0.242. The lowest BCUT2D eigenvalue weighted by molar-refractivity contribution is -0.132. The van der Waals surface area contributed by atoms with E-state index in [-0.39, 0.29) is 24.3 Å². The Balaban J connectivity index is 1.91. The number of hydrogen-bond donors (Lipinski definition) is 1. The molecule has 1 N–H and O–H groups in total. The van der Waals surface area contributed by atoms with E-state index in [1.807, 2.05) is 56.3 Å². The molecule has 0 saturated heterocycles. The van der Waals surface area contributed by atoms with Crippen LogP contribution in [0.2, 0.25) is 5.02 Å². The van der Waals surface area contributed by atoms with Crippen molar-refractivity contribution in [2.24, 2.45) is 0 Å². The first-order valence-electron chi connectivity index (χ1n) is 8.37.